The van der Waals surface area contributed by atoms with E-state index >= 15 is 0 Å². The van der Waals surface area contributed by atoms with E-state index in [1.807, 2.05) is 23.2 Å². The first-order valence-corrected chi connectivity index (χ1v) is 7.36. The standard InChI is InChI=1S/C15H14BrFN2O/c16-14-10(4-1-5-11(14)17)15(20)19-9-3-7-13(19)12-6-2-8-18-12/h1-2,4-6,8,13,18H,3,7,9H2. The number of aromatic amines is 1. The quantitative estimate of drug-likeness (QED) is 0.887. The third-order valence-corrected chi connectivity index (χ3v) is 4.48. The molecule has 20 heavy (non-hydrogen) atoms. The highest BCUT2D eigenvalue weighted by Gasteiger charge is 2.32. The summed E-state index contributed by atoms with van der Waals surface area (Å²) in [6.07, 6.45) is 3.75. The van der Waals surface area contributed by atoms with Crippen LogP contribution in [0.3, 0.4) is 0 Å². The van der Waals surface area contributed by atoms with Crippen LogP contribution in [-0.2, 0) is 0 Å². The molecule has 1 aromatic carbocycles. The average Bonchev–Trinajstić information content (AvgIpc) is 3.10. The van der Waals surface area contributed by atoms with Crippen molar-refractivity contribution in [3.63, 3.8) is 0 Å². The van der Waals surface area contributed by atoms with Crippen LogP contribution in [0.25, 0.3) is 0 Å². The van der Waals surface area contributed by atoms with E-state index in [1.165, 1.54) is 6.07 Å². The Labute approximate surface area is 124 Å². The summed E-state index contributed by atoms with van der Waals surface area (Å²) in [5, 5.41) is 0. The summed E-state index contributed by atoms with van der Waals surface area (Å²) >= 11 is 3.17. The molecule has 1 amide bonds. The molecule has 1 aliphatic heterocycles. The first kappa shape index (κ1) is 13.4. The molecule has 1 fully saturated rings. The minimum Gasteiger partial charge on any atom is -0.363 e. The van der Waals surface area contributed by atoms with Crippen molar-refractivity contribution in [1.82, 2.24) is 9.88 Å². The van der Waals surface area contributed by atoms with Crippen molar-refractivity contribution in [2.45, 2.75) is 18.9 Å². The number of halogens is 2. The number of nitrogens with one attached hydrogen (secondary N) is 1. The molecule has 3 rings (SSSR count). The Hall–Kier alpha value is -1.62. The van der Waals surface area contributed by atoms with Gasteiger partial charge in [0.1, 0.15) is 5.82 Å². The van der Waals surface area contributed by atoms with Crippen LogP contribution in [0.2, 0.25) is 0 Å². The Bertz CT molecular complexity index is 627. The lowest BCUT2D eigenvalue weighted by Crippen LogP contribution is -2.31. The Balaban J connectivity index is 1.92. The molecular weight excluding hydrogens is 323 g/mol. The van der Waals surface area contributed by atoms with Gasteiger partial charge in [0, 0.05) is 18.4 Å². The molecule has 1 aromatic heterocycles. The minimum absolute atomic E-state index is 0.0488. The van der Waals surface area contributed by atoms with Crippen LogP contribution in [0.4, 0.5) is 4.39 Å². The average molecular weight is 337 g/mol. The first-order valence-electron chi connectivity index (χ1n) is 6.57. The molecular formula is C15H14BrFN2O. The van der Waals surface area contributed by atoms with Crippen LogP contribution in [0.5, 0.6) is 0 Å². The van der Waals surface area contributed by atoms with E-state index in [4.69, 9.17) is 0 Å². The maximum atomic E-state index is 13.6. The topological polar surface area (TPSA) is 36.1 Å². The Morgan fingerprint density at radius 2 is 2.20 bits per heavy atom. The van der Waals surface area contributed by atoms with Gasteiger partial charge in [-0.15, -0.1) is 0 Å². The van der Waals surface area contributed by atoms with E-state index in [1.54, 1.807) is 12.1 Å². The fourth-order valence-corrected chi connectivity index (χ4v) is 3.14. The van der Waals surface area contributed by atoms with Gasteiger partial charge in [0.05, 0.1) is 16.1 Å². The Kier molecular flexibility index (Phi) is 3.61. The van der Waals surface area contributed by atoms with Gasteiger partial charge in [-0.25, -0.2) is 4.39 Å². The summed E-state index contributed by atoms with van der Waals surface area (Å²) < 4.78 is 13.8. The number of nitrogens with zero attached hydrogens (tertiary/aromatic N) is 1. The first-order chi connectivity index (χ1) is 9.68. The maximum absolute atomic E-state index is 13.6. The van der Waals surface area contributed by atoms with Crippen molar-refractivity contribution in [3.8, 4) is 0 Å². The second-order valence-electron chi connectivity index (χ2n) is 4.88. The smallest absolute Gasteiger partial charge is 0.255 e. The predicted octanol–water partition coefficient (Wildman–Crippen LogP) is 3.89. The number of carbonyl (C=O) groups excluding carboxylic acids is 1. The van der Waals surface area contributed by atoms with Crippen LogP contribution in [-0.4, -0.2) is 22.3 Å². The molecule has 1 saturated heterocycles. The van der Waals surface area contributed by atoms with Crippen molar-refractivity contribution >= 4 is 21.8 Å². The summed E-state index contributed by atoms with van der Waals surface area (Å²) in [5.41, 5.74) is 1.41. The lowest BCUT2D eigenvalue weighted by molar-refractivity contribution is 0.0731. The normalized spacial score (nSPS) is 18.5. The van der Waals surface area contributed by atoms with E-state index in [-0.39, 0.29) is 16.4 Å². The second kappa shape index (κ2) is 5.40. The van der Waals surface area contributed by atoms with E-state index in [9.17, 15) is 9.18 Å². The number of amides is 1. The number of aromatic nitrogens is 1. The number of benzene rings is 1. The van der Waals surface area contributed by atoms with Crippen LogP contribution < -0.4 is 0 Å². The SMILES string of the molecule is O=C(c1cccc(F)c1Br)N1CCCC1c1ccc[nH]1. The van der Waals surface area contributed by atoms with Crippen LogP contribution in [0.1, 0.15) is 34.9 Å². The molecule has 1 N–H and O–H groups in total. The van der Waals surface area contributed by atoms with Crippen LogP contribution >= 0.6 is 15.9 Å². The number of hydrogen-bond acceptors (Lipinski definition) is 1. The molecule has 0 bridgehead atoms. The molecule has 2 aromatic rings. The van der Waals surface area contributed by atoms with Gasteiger partial charge in [-0.2, -0.15) is 0 Å². The van der Waals surface area contributed by atoms with Crippen molar-refractivity contribution in [3.05, 3.63) is 58.1 Å². The van der Waals surface area contributed by atoms with E-state index in [2.05, 4.69) is 20.9 Å². The zero-order valence-corrected chi connectivity index (χ0v) is 12.4. The Morgan fingerprint density at radius 3 is 2.95 bits per heavy atom. The van der Waals surface area contributed by atoms with E-state index < -0.39 is 5.82 Å². The molecule has 1 aliphatic rings. The van der Waals surface area contributed by atoms with E-state index in [0.717, 1.165) is 18.5 Å². The number of likely N-dealkylation sites (tertiary alicyclic amines) is 1. The van der Waals surface area contributed by atoms with Gasteiger partial charge in [-0.1, -0.05) is 6.07 Å². The lowest BCUT2D eigenvalue weighted by atomic mass is 10.1. The Morgan fingerprint density at radius 1 is 1.35 bits per heavy atom. The summed E-state index contributed by atoms with van der Waals surface area (Å²) in [7, 11) is 0. The minimum atomic E-state index is -0.411. The molecule has 0 radical (unpaired) electrons. The molecule has 0 spiro atoms. The molecule has 5 heteroatoms. The molecule has 1 unspecified atom stereocenters. The fraction of sp³-hybridized carbons (Fsp3) is 0.267. The van der Waals surface area contributed by atoms with Crippen LogP contribution in [0, 0.1) is 5.82 Å². The largest absolute Gasteiger partial charge is 0.363 e. The highest BCUT2D eigenvalue weighted by Crippen LogP contribution is 2.33. The molecule has 104 valence electrons. The lowest BCUT2D eigenvalue weighted by Gasteiger charge is -2.24. The number of hydrogen-bond donors (Lipinski definition) is 1. The monoisotopic (exact) mass is 336 g/mol. The predicted molar refractivity (Wildman–Crippen MR) is 77.9 cm³/mol. The van der Waals surface area contributed by atoms with E-state index in [0.29, 0.717) is 12.1 Å². The highest BCUT2D eigenvalue weighted by atomic mass is 79.9. The van der Waals surface area contributed by atoms with Gasteiger partial charge in [-0.3, -0.25) is 4.79 Å². The number of H-pyrrole nitrogens is 1. The summed E-state index contributed by atoms with van der Waals surface area (Å²) in [4.78, 5) is 17.6. The van der Waals surface area contributed by atoms with Crippen molar-refractivity contribution in [1.29, 1.82) is 0 Å². The number of rotatable bonds is 2. The molecule has 1 atom stereocenters. The maximum Gasteiger partial charge on any atom is 0.255 e. The summed E-state index contributed by atoms with van der Waals surface area (Å²) in [6.45, 7) is 0.700. The summed E-state index contributed by atoms with van der Waals surface area (Å²) in [5.74, 6) is -0.542. The zero-order valence-electron chi connectivity index (χ0n) is 10.8. The van der Waals surface area contributed by atoms with Gasteiger partial charge >= 0.3 is 0 Å². The van der Waals surface area contributed by atoms with Crippen molar-refractivity contribution in [2.24, 2.45) is 0 Å². The zero-order chi connectivity index (χ0) is 14.1. The van der Waals surface area contributed by atoms with Crippen LogP contribution in [0.15, 0.2) is 41.0 Å². The van der Waals surface area contributed by atoms with Gasteiger partial charge in [0.2, 0.25) is 0 Å². The van der Waals surface area contributed by atoms with Gasteiger partial charge in [0.25, 0.3) is 5.91 Å². The fourth-order valence-electron chi connectivity index (χ4n) is 2.71. The summed E-state index contributed by atoms with van der Waals surface area (Å²) in [6, 6.07) is 8.51. The molecule has 2 heterocycles. The number of carbonyl (C=O) groups is 1. The third-order valence-electron chi connectivity index (χ3n) is 3.68. The molecule has 0 aliphatic carbocycles. The van der Waals surface area contributed by atoms with Crippen molar-refractivity contribution < 1.29 is 9.18 Å². The second-order valence-corrected chi connectivity index (χ2v) is 5.68. The molecule has 0 saturated carbocycles. The van der Waals surface area contributed by atoms with Gasteiger partial charge in [-0.05, 0) is 53.0 Å². The van der Waals surface area contributed by atoms with Gasteiger partial charge in [0.15, 0.2) is 0 Å². The third kappa shape index (κ3) is 2.26. The molecule has 3 nitrogen and oxygen atoms in total. The van der Waals surface area contributed by atoms with Gasteiger partial charge < -0.3 is 9.88 Å². The highest BCUT2D eigenvalue weighted by molar-refractivity contribution is 9.10. The van der Waals surface area contributed by atoms with Crippen molar-refractivity contribution in [2.75, 3.05) is 6.54 Å².